The summed E-state index contributed by atoms with van der Waals surface area (Å²) >= 11 is 0. The fourth-order valence-electron chi connectivity index (χ4n) is 2.77. The van der Waals surface area contributed by atoms with Crippen molar-refractivity contribution in [1.29, 1.82) is 0 Å². The molecule has 1 amide bonds. The third-order valence-corrected chi connectivity index (χ3v) is 5.96. The minimum atomic E-state index is -3.88. The largest absolute Gasteiger partial charge is 0.336 e. The first-order valence-corrected chi connectivity index (χ1v) is 9.22. The molecule has 26 heavy (non-hydrogen) atoms. The van der Waals surface area contributed by atoms with Crippen molar-refractivity contribution in [2.75, 3.05) is 26.2 Å². The average Bonchev–Trinajstić information content (AvgIpc) is 2.60. The van der Waals surface area contributed by atoms with Crippen LogP contribution < -0.4 is 0 Å². The first kappa shape index (κ1) is 18.4. The highest BCUT2D eigenvalue weighted by atomic mass is 32.2. The standard InChI is InChI=1S/C17H15F3N2O3S/c18-13-2-1-3-16(11-13)26(24,25)22-6-4-21(5-7-22)17(23)12-8-14(19)10-15(20)9-12/h1-3,8-11H,4-7H2. The van der Waals surface area contributed by atoms with Gasteiger partial charge in [0.25, 0.3) is 5.91 Å². The molecule has 0 aliphatic carbocycles. The molecule has 0 spiro atoms. The van der Waals surface area contributed by atoms with Crippen molar-refractivity contribution in [3.8, 4) is 0 Å². The van der Waals surface area contributed by atoms with Crippen molar-refractivity contribution in [3.05, 3.63) is 65.5 Å². The molecule has 0 unspecified atom stereocenters. The maximum atomic E-state index is 13.3. The fraction of sp³-hybridized carbons (Fsp3) is 0.235. The molecule has 0 aromatic heterocycles. The first-order valence-electron chi connectivity index (χ1n) is 7.78. The second-order valence-electron chi connectivity index (χ2n) is 5.81. The minimum absolute atomic E-state index is 0.00237. The number of piperazine rings is 1. The molecular weight excluding hydrogens is 369 g/mol. The molecule has 0 bridgehead atoms. The molecule has 3 rings (SSSR count). The second kappa shape index (κ2) is 7.08. The van der Waals surface area contributed by atoms with E-state index in [0.717, 1.165) is 28.6 Å². The Hall–Kier alpha value is -2.39. The zero-order valence-corrected chi connectivity index (χ0v) is 14.3. The van der Waals surface area contributed by atoms with Crippen LogP contribution in [0, 0.1) is 17.5 Å². The number of nitrogens with zero attached hydrogens (tertiary/aromatic N) is 2. The number of carbonyl (C=O) groups is 1. The van der Waals surface area contributed by atoms with E-state index in [0.29, 0.717) is 6.07 Å². The van der Waals surface area contributed by atoms with Crippen molar-refractivity contribution in [2.45, 2.75) is 4.90 Å². The topological polar surface area (TPSA) is 57.7 Å². The Morgan fingerprint density at radius 3 is 2.04 bits per heavy atom. The summed E-state index contributed by atoms with van der Waals surface area (Å²) in [5.41, 5.74) is -0.135. The van der Waals surface area contributed by atoms with Gasteiger partial charge in [-0.05, 0) is 30.3 Å². The molecule has 0 saturated carbocycles. The Morgan fingerprint density at radius 2 is 1.46 bits per heavy atom. The van der Waals surface area contributed by atoms with Gasteiger partial charge in [-0.25, -0.2) is 21.6 Å². The Morgan fingerprint density at radius 1 is 0.846 bits per heavy atom. The molecule has 2 aromatic rings. The van der Waals surface area contributed by atoms with Crippen molar-refractivity contribution >= 4 is 15.9 Å². The van der Waals surface area contributed by atoms with Gasteiger partial charge >= 0.3 is 0 Å². The quantitative estimate of drug-likeness (QED) is 0.816. The number of benzene rings is 2. The normalized spacial score (nSPS) is 15.9. The average molecular weight is 384 g/mol. The highest BCUT2D eigenvalue weighted by Gasteiger charge is 2.30. The number of amides is 1. The van der Waals surface area contributed by atoms with Gasteiger partial charge in [0.05, 0.1) is 4.90 Å². The van der Waals surface area contributed by atoms with Gasteiger partial charge < -0.3 is 4.90 Å². The van der Waals surface area contributed by atoms with Gasteiger partial charge in [-0.2, -0.15) is 4.31 Å². The number of sulfonamides is 1. The Kier molecular flexibility index (Phi) is 5.01. The van der Waals surface area contributed by atoms with E-state index in [-0.39, 0.29) is 36.6 Å². The van der Waals surface area contributed by atoms with Crippen LogP contribution in [0.25, 0.3) is 0 Å². The smallest absolute Gasteiger partial charge is 0.254 e. The summed E-state index contributed by atoms with van der Waals surface area (Å²) in [7, 11) is -3.88. The third kappa shape index (κ3) is 3.73. The summed E-state index contributed by atoms with van der Waals surface area (Å²) < 4.78 is 66.0. The van der Waals surface area contributed by atoms with E-state index in [1.54, 1.807) is 0 Å². The molecular formula is C17H15F3N2O3S. The van der Waals surface area contributed by atoms with E-state index in [1.807, 2.05) is 0 Å². The van der Waals surface area contributed by atoms with E-state index in [9.17, 15) is 26.4 Å². The Labute approximate surface area is 148 Å². The number of halogens is 3. The Bertz CT molecular complexity index is 922. The van der Waals surface area contributed by atoms with Crippen molar-refractivity contribution < 1.29 is 26.4 Å². The molecule has 1 aliphatic heterocycles. The van der Waals surface area contributed by atoms with Crippen molar-refractivity contribution in [3.63, 3.8) is 0 Å². The van der Waals surface area contributed by atoms with E-state index < -0.39 is 33.4 Å². The van der Waals surface area contributed by atoms with Gasteiger partial charge in [0.2, 0.25) is 10.0 Å². The van der Waals surface area contributed by atoms with Gasteiger partial charge in [0, 0.05) is 37.8 Å². The summed E-state index contributed by atoms with van der Waals surface area (Å²) in [6, 6.07) is 7.21. The van der Waals surface area contributed by atoms with Crippen LogP contribution in [0.15, 0.2) is 47.4 Å². The predicted molar refractivity (Wildman–Crippen MR) is 87.4 cm³/mol. The van der Waals surface area contributed by atoms with E-state index in [2.05, 4.69) is 0 Å². The summed E-state index contributed by atoms with van der Waals surface area (Å²) in [6.45, 7) is 0.127. The molecule has 0 atom stereocenters. The Balaban J connectivity index is 1.72. The molecule has 0 N–H and O–H groups in total. The number of rotatable bonds is 3. The van der Waals surface area contributed by atoms with Crippen LogP contribution in [0.4, 0.5) is 13.2 Å². The molecule has 5 nitrogen and oxygen atoms in total. The fourth-order valence-corrected chi connectivity index (χ4v) is 4.22. The van der Waals surface area contributed by atoms with Gasteiger partial charge in [-0.3, -0.25) is 4.79 Å². The van der Waals surface area contributed by atoms with E-state index in [4.69, 9.17) is 0 Å². The monoisotopic (exact) mass is 384 g/mol. The van der Waals surface area contributed by atoms with Gasteiger partial charge in [-0.15, -0.1) is 0 Å². The van der Waals surface area contributed by atoms with Crippen molar-refractivity contribution in [2.24, 2.45) is 0 Å². The lowest BCUT2D eigenvalue weighted by Crippen LogP contribution is -2.50. The third-order valence-electron chi connectivity index (χ3n) is 4.07. The molecule has 2 aromatic carbocycles. The van der Waals surface area contributed by atoms with Gasteiger partial charge in [0.1, 0.15) is 17.5 Å². The molecule has 1 fully saturated rings. The lowest BCUT2D eigenvalue weighted by molar-refractivity contribution is 0.0697. The van der Waals surface area contributed by atoms with Crippen molar-refractivity contribution in [1.82, 2.24) is 9.21 Å². The summed E-state index contributed by atoms with van der Waals surface area (Å²) in [4.78, 5) is 13.5. The maximum absolute atomic E-state index is 13.3. The lowest BCUT2D eigenvalue weighted by atomic mass is 10.1. The molecule has 1 aliphatic rings. The zero-order valence-electron chi connectivity index (χ0n) is 13.5. The summed E-state index contributed by atoms with van der Waals surface area (Å²) in [5.74, 6) is -2.96. The minimum Gasteiger partial charge on any atom is -0.336 e. The van der Waals surface area contributed by atoms with Gasteiger partial charge in [-0.1, -0.05) is 6.07 Å². The molecule has 1 heterocycles. The number of carbonyl (C=O) groups excluding carboxylic acids is 1. The molecule has 0 radical (unpaired) electrons. The number of hydrogen-bond acceptors (Lipinski definition) is 3. The predicted octanol–water partition coefficient (Wildman–Crippen LogP) is 2.25. The van der Waals surface area contributed by atoms with E-state index >= 15 is 0 Å². The molecule has 1 saturated heterocycles. The van der Waals surface area contributed by atoms with Crippen LogP contribution in [0.5, 0.6) is 0 Å². The van der Waals surface area contributed by atoms with Crippen LogP contribution in [0.3, 0.4) is 0 Å². The number of hydrogen-bond donors (Lipinski definition) is 0. The molecule has 9 heteroatoms. The summed E-state index contributed by atoms with van der Waals surface area (Å²) in [6.07, 6.45) is 0. The van der Waals surface area contributed by atoms with Crippen LogP contribution in [-0.4, -0.2) is 49.7 Å². The van der Waals surface area contributed by atoms with Crippen LogP contribution in [0.2, 0.25) is 0 Å². The SMILES string of the molecule is O=C(c1cc(F)cc(F)c1)N1CCN(S(=O)(=O)c2cccc(F)c2)CC1. The summed E-state index contributed by atoms with van der Waals surface area (Å²) in [5, 5.41) is 0. The lowest BCUT2D eigenvalue weighted by Gasteiger charge is -2.34. The highest BCUT2D eigenvalue weighted by molar-refractivity contribution is 7.89. The zero-order chi connectivity index (χ0) is 18.9. The van der Waals surface area contributed by atoms with Gasteiger partial charge in [0.15, 0.2) is 0 Å². The second-order valence-corrected chi connectivity index (χ2v) is 7.75. The molecule has 138 valence electrons. The highest BCUT2D eigenvalue weighted by Crippen LogP contribution is 2.19. The first-order chi connectivity index (χ1) is 12.3. The van der Waals surface area contributed by atoms with Crippen LogP contribution >= 0.6 is 0 Å². The maximum Gasteiger partial charge on any atom is 0.254 e. The van der Waals surface area contributed by atoms with E-state index in [1.165, 1.54) is 17.0 Å². The van der Waals surface area contributed by atoms with Crippen LogP contribution in [-0.2, 0) is 10.0 Å². The van der Waals surface area contributed by atoms with Crippen LogP contribution in [0.1, 0.15) is 10.4 Å².